The lowest BCUT2D eigenvalue weighted by Crippen LogP contribution is -2.43. The number of thioether (sulfide) groups is 1. The second-order valence-electron chi connectivity index (χ2n) is 7.73. The minimum absolute atomic E-state index is 0.0954. The van der Waals surface area contributed by atoms with Gasteiger partial charge in [-0.05, 0) is 23.6 Å². The summed E-state index contributed by atoms with van der Waals surface area (Å²) in [5, 5.41) is 12.2. The highest BCUT2D eigenvalue weighted by Gasteiger charge is 2.19. The van der Waals surface area contributed by atoms with Gasteiger partial charge in [-0.15, -0.1) is 11.8 Å². The average molecular weight is 538 g/mol. The van der Waals surface area contributed by atoms with Gasteiger partial charge >= 0.3 is 11.4 Å². The van der Waals surface area contributed by atoms with Gasteiger partial charge in [0.15, 0.2) is 11.6 Å². The van der Waals surface area contributed by atoms with Crippen LogP contribution in [0.5, 0.6) is 0 Å². The highest BCUT2D eigenvalue weighted by Crippen LogP contribution is 2.29. The largest absolute Gasteiger partial charge is 0.377 e. The Morgan fingerprint density at radius 3 is 2.69 bits per heavy atom. The van der Waals surface area contributed by atoms with Gasteiger partial charge in [0.1, 0.15) is 5.82 Å². The summed E-state index contributed by atoms with van der Waals surface area (Å²) in [7, 11) is 1.69. The molecule has 9 nitrogen and oxygen atoms in total. The molecule has 2 aromatic heterocycles. The third-order valence-electron chi connectivity index (χ3n) is 5.20. The number of benzene rings is 2. The summed E-state index contributed by atoms with van der Waals surface area (Å²) in [4.78, 5) is 30.3. The summed E-state index contributed by atoms with van der Waals surface area (Å²) in [5.74, 6) is -4.66. The topological polar surface area (TPSA) is 98.8 Å². The van der Waals surface area contributed by atoms with Crippen molar-refractivity contribution in [1.82, 2.24) is 29.2 Å². The summed E-state index contributed by atoms with van der Waals surface area (Å²) in [6.07, 6.45) is 1.67. The smallest absolute Gasteiger partial charge is 0.355 e. The Labute approximate surface area is 213 Å². The SMILES string of the molecule is [2H]C([2H])(c1cc(F)c(F)cc1F)n1c(Nc2cc3cn(C)nc3cc2Cl)nc(=O)n(CC2=CSCN2)c1=O. The van der Waals surface area contributed by atoms with Crippen LogP contribution in [0.1, 0.15) is 8.30 Å². The van der Waals surface area contributed by atoms with E-state index in [1.807, 2.05) is 0 Å². The van der Waals surface area contributed by atoms with Gasteiger partial charge in [-0.2, -0.15) is 10.1 Å². The molecule has 0 spiro atoms. The molecule has 0 saturated heterocycles. The van der Waals surface area contributed by atoms with Crippen LogP contribution in [0.4, 0.5) is 24.8 Å². The van der Waals surface area contributed by atoms with E-state index in [1.165, 1.54) is 28.6 Å². The molecule has 1 aliphatic rings. The first-order chi connectivity index (χ1) is 18.0. The van der Waals surface area contributed by atoms with Crippen molar-refractivity contribution < 1.29 is 15.9 Å². The fourth-order valence-corrected chi connectivity index (χ4v) is 4.43. The van der Waals surface area contributed by atoms with Crippen LogP contribution in [0.25, 0.3) is 10.9 Å². The highest BCUT2D eigenvalue weighted by atomic mass is 35.5. The van der Waals surface area contributed by atoms with E-state index in [2.05, 4.69) is 20.7 Å². The molecule has 0 bridgehead atoms. The number of allylic oxidation sites excluding steroid dienone is 1. The number of anilines is 2. The summed E-state index contributed by atoms with van der Waals surface area (Å²) in [6.45, 7) is -3.42. The van der Waals surface area contributed by atoms with Crippen molar-refractivity contribution in [3.8, 4) is 0 Å². The van der Waals surface area contributed by atoms with Crippen LogP contribution in [-0.2, 0) is 20.1 Å². The fourth-order valence-electron chi connectivity index (χ4n) is 3.51. The van der Waals surface area contributed by atoms with Crippen molar-refractivity contribution in [3.63, 3.8) is 0 Å². The molecule has 2 N–H and O–H groups in total. The van der Waals surface area contributed by atoms with Gasteiger partial charge in [0, 0.05) is 36.0 Å². The van der Waals surface area contributed by atoms with E-state index in [-0.39, 0.29) is 23.3 Å². The molecule has 0 radical (unpaired) electrons. The zero-order valence-electron chi connectivity index (χ0n) is 20.4. The summed E-state index contributed by atoms with van der Waals surface area (Å²) in [6, 6.07) is 3.51. The molecule has 2 aromatic carbocycles. The minimum atomic E-state index is -3.14. The van der Waals surface area contributed by atoms with Gasteiger partial charge in [-0.3, -0.25) is 9.25 Å². The minimum Gasteiger partial charge on any atom is -0.377 e. The van der Waals surface area contributed by atoms with E-state index in [4.69, 9.17) is 14.3 Å². The number of nitrogens with zero attached hydrogens (tertiary/aromatic N) is 5. The molecule has 3 heterocycles. The first kappa shape index (κ1) is 21.6. The lowest BCUT2D eigenvalue weighted by Gasteiger charge is -2.17. The second kappa shape index (κ2) is 9.39. The summed E-state index contributed by atoms with van der Waals surface area (Å²) < 4.78 is 62.2. The van der Waals surface area contributed by atoms with Gasteiger partial charge in [0.25, 0.3) is 0 Å². The molecular formula is C22H17ClF3N7O2S. The predicted octanol–water partition coefficient (Wildman–Crippen LogP) is 3.29. The van der Waals surface area contributed by atoms with E-state index >= 15 is 0 Å². The summed E-state index contributed by atoms with van der Waals surface area (Å²) in [5.41, 5.74) is -2.08. The van der Waals surface area contributed by atoms with Crippen molar-refractivity contribution in [2.45, 2.75) is 13.0 Å². The lowest BCUT2D eigenvalue weighted by molar-refractivity contribution is 0.485. The third-order valence-corrected chi connectivity index (χ3v) is 6.27. The standard InChI is InChI=1S/C22H17ClF3N7O2S/c1-31-6-12-3-19(14(23)4-18(12)30-31)28-20-29-21(34)33(8-13-9-36-10-27-13)22(35)32(20)7-11-2-16(25)17(26)5-15(11)24/h2-6,9,27H,7-8,10H2,1H3,(H,28,29,34)/i7D2. The molecule has 36 heavy (non-hydrogen) atoms. The van der Waals surface area contributed by atoms with Crippen molar-refractivity contribution in [3.05, 3.63) is 90.6 Å². The highest BCUT2D eigenvalue weighted by molar-refractivity contribution is 8.02. The Hall–Kier alpha value is -3.71. The van der Waals surface area contributed by atoms with Crippen LogP contribution in [0.3, 0.4) is 0 Å². The van der Waals surface area contributed by atoms with Crippen molar-refractivity contribution in [1.29, 1.82) is 0 Å². The maximum absolute atomic E-state index is 14.7. The maximum atomic E-state index is 14.7. The first-order valence-corrected chi connectivity index (χ1v) is 11.7. The van der Waals surface area contributed by atoms with Gasteiger partial charge in [0.2, 0.25) is 5.95 Å². The molecule has 4 aromatic rings. The Morgan fingerprint density at radius 2 is 1.94 bits per heavy atom. The number of fused-ring (bicyclic) bond motifs is 1. The van der Waals surface area contributed by atoms with Gasteiger partial charge in [-0.25, -0.2) is 27.3 Å². The fraction of sp³-hybridized carbons (Fsp3) is 0.182. The second-order valence-corrected chi connectivity index (χ2v) is 8.99. The molecule has 5 rings (SSSR count). The molecular weight excluding hydrogens is 519 g/mol. The molecule has 0 fully saturated rings. The van der Waals surface area contributed by atoms with Crippen molar-refractivity contribution in [2.24, 2.45) is 7.05 Å². The normalized spacial score (nSPS) is 14.4. The zero-order chi connectivity index (χ0) is 27.4. The van der Waals surface area contributed by atoms with Crippen molar-refractivity contribution in [2.75, 3.05) is 11.2 Å². The molecule has 0 unspecified atom stereocenters. The number of aryl methyl sites for hydroxylation is 1. The van der Waals surface area contributed by atoms with Crippen LogP contribution in [0.2, 0.25) is 5.02 Å². The Kier molecular flexibility index (Phi) is 5.62. The number of nitrogens with one attached hydrogen (secondary N) is 2. The molecule has 0 atom stereocenters. The quantitative estimate of drug-likeness (QED) is 0.364. The van der Waals surface area contributed by atoms with Crippen LogP contribution < -0.4 is 22.0 Å². The van der Waals surface area contributed by atoms with Crippen LogP contribution in [0, 0.1) is 17.5 Å². The summed E-state index contributed by atoms with van der Waals surface area (Å²) >= 11 is 7.74. The molecule has 0 aliphatic carbocycles. The Morgan fingerprint density at radius 1 is 1.17 bits per heavy atom. The molecule has 1 aliphatic heterocycles. The number of aromatic nitrogens is 5. The van der Waals surface area contributed by atoms with Crippen LogP contribution in [0.15, 0.2) is 51.2 Å². The lowest BCUT2D eigenvalue weighted by atomic mass is 10.2. The number of halogens is 4. The van der Waals surface area contributed by atoms with Crippen LogP contribution in [-0.4, -0.2) is 29.8 Å². The van der Waals surface area contributed by atoms with Crippen molar-refractivity contribution >= 4 is 45.9 Å². The van der Waals surface area contributed by atoms with Gasteiger partial charge < -0.3 is 10.6 Å². The monoisotopic (exact) mass is 537 g/mol. The molecule has 186 valence electrons. The van der Waals surface area contributed by atoms with E-state index in [1.54, 1.807) is 18.7 Å². The number of hydrogen-bond donors (Lipinski definition) is 2. The zero-order valence-corrected chi connectivity index (χ0v) is 19.9. The van der Waals surface area contributed by atoms with E-state index in [9.17, 15) is 22.8 Å². The van der Waals surface area contributed by atoms with E-state index in [0.29, 0.717) is 37.7 Å². The molecule has 14 heteroatoms. The first-order valence-electron chi connectivity index (χ1n) is 11.3. The Bertz CT molecular complexity index is 1760. The maximum Gasteiger partial charge on any atom is 0.355 e. The average Bonchev–Trinajstić information content (AvgIpc) is 3.47. The molecule has 0 amide bonds. The van der Waals surface area contributed by atoms with Crippen LogP contribution >= 0.6 is 23.4 Å². The predicted molar refractivity (Wildman–Crippen MR) is 131 cm³/mol. The van der Waals surface area contributed by atoms with E-state index < -0.39 is 46.8 Å². The molecule has 0 saturated carbocycles. The Balaban J connectivity index is 1.72. The number of rotatable bonds is 6. The number of hydrogen-bond acceptors (Lipinski definition) is 7. The van der Waals surface area contributed by atoms with Gasteiger partial charge in [0.05, 0.1) is 37.9 Å². The third kappa shape index (κ3) is 4.58. The van der Waals surface area contributed by atoms with Gasteiger partial charge in [-0.1, -0.05) is 11.6 Å². The van der Waals surface area contributed by atoms with E-state index in [0.717, 1.165) is 0 Å².